The molecule has 2 aliphatic carbocycles. The Bertz CT molecular complexity index is 224. The summed E-state index contributed by atoms with van der Waals surface area (Å²) in [5.74, 6) is 0. The van der Waals surface area contributed by atoms with Crippen molar-refractivity contribution in [2.45, 2.75) is 45.1 Å². The minimum absolute atomic E-state index is 0.688. The third-order valence-electron chi connectivity index (χ3n) is 2.39. The minimum Gasteiger partial charge on any atom is -0.307 e. The Hall–Kier alpha value is -0.790. The van der Waals surface area contributed by atoms with Gasteiger partial charge in [-0.2, -0.15) is 5.10 Å². The summed E-state index contributed by atoms with van der Waals surface area (Å²) in [6, 6.07) is 0.688. The maximum Gasteiger partial charge on any atom is 0.0602 e. The van der Waals surface area contributed by atoms with E-state index in [1.165, 1.54) is 37.0 Å². The smallest absolute Gasteiger partial charge is 0.0602 e. The Morgan fingerprint density at radius 2 is 2.25 bits per heavy atom. The largest absolute Gasteiger partial charge is 0.307 e. The predicted octanol–water partition coefficient (Wildman–Crippen LogP) is 2.22. The van der Waals surface area contributed by atoms with Gasteiger partial charge in [-0.25, -0.2) is 0 Å². The zero-order valence-corrected chi connectivity index (χ0v) is 7.64. The molecule has 12 heavy (non-hydrogen) atoms. The molecular weight excluding hydrogens is 148 g/mol. The molecule has 0 saturated heterocycles. The second-order valence-electron chi connectivity index (χ2n) is 3.85. The zero-order chi connectivity index (χ0) is 8.39. The topological polar surface area (TPSA) is 24.4 Å². The quantitative estimate of drug-likeness (QED) is 0.622. The maximum absolute atomic E-state index is 4.39. The molecule has 0 unspecified atom stereocenters. The summed E-state index contributed by atoms with van der Waals surface area (Å²) in [6.07, 6.45) is 8.50. The van der Waals surface area contributed by atoms with Gasteiger partial charge in [0.2, 0.25) is 0 Å². The van der Waals surface area contributed by atoms with Gasteiger partial charge in [-0.1, -0.05) is 5.57 Å². The molecule has 1 fully saturated rings. The summed E-state index contributed by atoms with van der Waals surface area (Å²) in [7, 11) is 0. The van der Waals surface area contributed by atoms with E-state index in [9.17, 15) is 0 Å². The SMILES string of the molecule is CC1=C/C(=N/NC2CC2)CCC1. The molecule has 0 spiro atoms. The predicted molar refractivity (Wildman–Crippen MR) is 51.2 cm³/mol. The van der Waals surface area contributed by atoms with Gasteiger partial charge in [0.1, 0.15) is 0 Å². The second-order valence-corrected chi connectivity index (χ2v) is 3.85. The van der Waals surface area contributed by atoms with Crippen LogP contribution in [0.5, 0.6) is 0 Å². The summed E-state index contributed by atoms with van der Waals surface area (Å²) in [4.78, 5) is 0. The molecule has 0 radical (unpaired) electrons. The van der Waals surface area contributed by atoms with Crippen molar-refractivity contribution in [2.24, 2.45) is 5.10 Å². The van der Waals surface area contributed by atoms with Gasteiger partial charge in [-0.15, -0.1) is 0 Å². The van der Waals surface area contributed by atoms with Crippen molar-refractivity contribution < 1.29 is 0 Å². The molecule has 0 amide bonds. The number of rotatable bonds is 2. The lowest BCUT2D eigenvalue weighted by Gasteiger charge is -2.10. The van der Waals surface area contributed by atoms with Crippen LogP contribution in [0, 0.1) is 0 Å². The molecule has 2 rings (SSSR count). The van der Waals surface area contributed by atoms with Gasteiger partial charge in [-0.3, -0.25) is 0 Å². The molecule has 0 aromatic rings. The van der Waals surface area contributed by atoms with Crippen LogP contribution in [-0.4, -0.2) is 11.8 Å². The fraction of sp³-hybridized carbons (Fsp3) is 0.700. The van der Waals surface area contributed by atoms with Gasteiger partial charge in [-0.05, 0) is 45.1 Å². The Kier molecular flexibility index (Phi) is 2.15. The normalized spacial score (nSPS) is 27.1. The summed E-state index contributed by atoms with van der Waals surface area (Å²) >= 11 is 0. The molecule has 0 atom stereocenters. The van der Waals surface area contributed by atoms with Crippen LogP contribution in [0.15, 0.2) is 16.8 Å². The lowest BCUT2D eigenvalue weighted by atomic mass is 10.00. The van der Waals surface area contributed by atoms with Crippen molar-refractivity contribution in [1.29, 1.82) is 0 Å². The Labute approximate surface area is 73.7 Å². The van der Waals surface area contributed by atoms with Crippen molar-refractivity contribution in [2.75, 3.05) is 0 Å². The summed E-state index contributed by atoms with van der Waals surface area (Å²) in [5.41, 5.74) is 5.90. The van der Waals surface area contributed by atoms with Crippen LogP contribution in [0.2, 0.25) is 0 Å². The van der Waals surface area contributed by atoms with Crippen molar-refractivity contribution in [3.63, 3.8) is 0 Å². The highest BCUT2D eigenvalue weighted by atomic mass is 15.3. The number of allylic oxidation sites excluding steroid dienone is 2. The van der Waals surface area contributed by atoms with Crippen LogP contribution in [-0.2, 0) is 0 Å². The Balaban J connectivity index is 1.91. The number of nitrogens with one attached hydrogen (secondary N) is 1. The molecule has 1 saturated carbocycles. The average Bonchev–Trinajstić information content (AvgIpc) is 2.84. The van der Waals surface area contributed by atoms with E-state index in [1.807, 2.05) is 0 Å². The number of hydrogen-bond acceptors (Lipinski definition) is 2. The molecule has 0 aliphatic heterocycles. The molecule has 2 aliphatic rings. The molecule has 0 heterocycles. The van der Waals surface area contributed by atoms with Gasteiger partial charge in [0, 0.05) is 6.04 Å². The van der Waals surface area contributed by atoms with Gasteiger partial charge < -0.3 is 5.43 Å². The number of hydrazone groups is 1. The highest BCUT2D eigenvalue weighted by molar-refractivity contribution is 5.96. The molecule has 0 aromatic carbocycles. The van der Waals surface area contributed by atoms with E-state index in [1.54, 1.807) is 0 Å². The van der Waals surface area contributed by atoms with Crippen LogP contribution < -0.4 is 5.43 Å². The first-order chi connectivity index (χ1) is 5.84. The zero-order valence-electron chi connectivity index (χ0n) is 7.64. The van der Waals surface area contributed by atoms with Crippen LogP contribution in [0.4, 0.5) is 0 Å². The molecular formula is C10H16N2. The van der Waals surface area contributed by atoms with Crippen LogP contribution in [0.3, 0.4) is 0 Å². The first-order valence-corrected chi connectivity index (χ1v) is 4.84. The fourth-order valence-electron chi connectivity index (χ4n) is 1.45. The average molecular weight is 164 g/mol. The van der Waals surface area contributed by atoms with E-state index < -0.39 is 0 Å². The van der Waals surface area contributed by atoms with E-state index in [2.05, 4.69) is 23.5 Å². The van der Waals surface area contributed by atoms with E-state index in [0.717, 1.165) is 6.42 Å². The maximum atomic E-state index is 4.39. The highest BCUT2D eigenvalue weighted by Crippen LogP contribution is 2.19. The summed E-state index contributed by atoms with van der Waals surface area (Å²) < 4.78 is 0. The van der Waals surface area contributed by atoms with Gasteiger partial charge in [0.15, 0.2) is 0 Å². The third-order valence-corrected chi connectivity index (χ3v) is 2.39. The number of nitrogens with zero attached hydrogens (tertiary/aromatic N) is 1. The van der Waals surface area contributed by atoms with Crippen LogP contribution in [0.25, 0.3) is 0 Å². The van der Waals surface area contributed by atoms with Gasteiger partial charge in [0.25, 0.3) is 0 Å². The molecule has 66 valence electrons. The molecule has 0 bridgehead atoms. The van der Waals surface area contributed by atoms with Crippen LogP contribution >= 0.6 is 0 Å². The van der Waals surface area contributed by atoms with E-state index in [4.69, 9.17) is 0 Å². The van der Waals surface area contributed by atoms with Crippen molar-refractivity contribution >= 4 is 5.71 Å². The summed E-state index contributed by atoms with van der Waals surface area (Å²) in [5, 5.41) is 4.39. The summed E-state index contributed by atoms with van der Waals surface area (Å²) in [6.45, 7) is 2.19. The molecule has 2 nitrogen and oxygen atoms in total. The van der Waals surface area contributed by atoms with E-state index in [-0.39, 0.29) is 0 Å². The standard InChI is InChI=1S/C10H16N2/c1-8-3-2-4-10(7-8)12-11-9-5-6-9/h7,9,11H,2-6H2,1H3/b12-10+. The Morgan fingerprint density at radius 3 is 2.92 bits per heavy atom. The first kappa shape index (κ1) is 7.84. The van der Waals surface area contributed by atoms with Crippen molar-refractivity contribution in [1.82, 2.24) is 5.43 Å². The number of hydrogen-bond donors (Lipinski definition) is 1. The van der Waals surface area contributed by atoms with E-state index in [0.29, 0.717) is 6.04 Å². The second kappa shape index (κ2) is 3.30. The van der Waals surface area contributed by atoms with Crippen molar-refractivity contribution in [3.05, 3.63) is 11.6 Å². The van der Waals surface area contributed by atoms with Crippen molar-refractivity contribution in [3.8, 4) is 0 Å². The third kappa shape index (κ3) is 2.10. The lowest BCUT2D eigenvalue weighted by Crippen LogP contribution is -2.13. The van der Waals surface area contributed by atoms with Crippen LogP contribution in [0.1, 0.15) is 39.0 Å². The Morgan fingerprint density at radius 1 is 1.42 bits per heavy atom. The molecule has 2 heteroatoms. The highest BCUT2D eigenvalue weighted by Gasteiger charge is 2.20. The fourth-order valence-corrected chi connectivity index (χ4v) is 1.45. The van der Waals surface area contributed by atoms with Gasteiger partial charge in [0.05, 0.1) is 5.71 Å². The molecule has 1 N–H and O–H groups in total. The monoisotopic (exact) mass is 164 g/mol. The lowest BCUT2D eigenvalue weighted by molar-refractivity contribution is 0.725. The minimum atomic E-state index is 0.688. The first-order valence-electron chi connectivity index (χ1n) is 4.84. The van der Waals surface area contributed by atoms with E-state index >= 15 is 0 Å². The molecule has 0 aromatic heterocycles. The van der Waals surface area contributed by atoms with Gasteiger partial charge >= 0.3 is 0 Å².